The predicted octanol–water partition coefficient (Wildman–Crippen LogP) is 1.94. The van der Waals surface area contributed by atoms with Crippen molar-refractivity contribution in [3.63, 3.8) is 0 Å². The summed E-state index contributed by atoms with van der Waals surface area (Å²) in [6.45, 7) is 1.09. The van der Waals surface area contributed by atoms with Crippen LogP contribution >= 0.6 is 11.6 Å². The van der Waals surface area contributed by atoms with Gasteiger partial charge in [-0.05, 0) is 31.3 Å². The van der Waals surface area contributed by atoms with E-state index < -0.39 is 0 Å². The van der Waals surface area contributed by atoms with Gasteiger partial charge in [-0.3, -0.25) is 0 Å². The maximum absolute atomic E-state index is 5.72. The molecule has 1 rings (SSSR count). The Bertz CT molecular complexity index is 323. The summed E-state index contributed by atoms with van der Waals surface area (Å²) in [7, 11) is 1.86. The van der Waals surface area contributed by atoms with Crippen LogP contribution in [0.25, 0.3) is 0 Å². The van der Waals surface area contributed by atoms with Gasteiger partial charge in [0.1, 0.15) is 12.4 Å². The Labute approximate surface area is 89.2 Å². The molecule has 0 amide bonds. The van der Waals surface area contributed by atoms with Crippen LogP contribution in [0.2, 0.25) is 5.02 Å². The van der Waals surface area contributed by atoms with Gasteiger partial charge in [-0.1, -0.05) is 23.4 Å². The Kier molecular flexibility index (Phi) is 4.92. The highest BCUT2D eigenvalue weighted by Crippen LogP contribution is 2.14. The van der Waals surface area contributed by atoms with E-state index in [4.69, 9.17) is 16.3 Å². The number of rotatable bonds is 3. The standard InChI is InChI=1S/C11H12ClNO/c1-13-8-2-3-9-14-11-6-4-10(12)5-7-11/h4-7,13H,8-9H2,1H3. The largest absolute Gasteiger partial charge is 0.481 e. The summed E-state index contributed by atoms with van der Waals surface area (Å²) in [6.07, 6.45) is 0. The average molecular weight is 210 g/mol. The van der Waals surface area contributed by atoms with Gasteiger partial charge in [0.25, 0.3) is 0 Å². The molecule has 0 radical (unpaired) electrons. The van der Waals surface area contributed by atoms with Crippen LogP contribution in [0.1, 0.15) is 0 Å². The molecule has 3 heteroatoms. The van der Waals surface area contributed by atoms with E-state index in [9.17, 15) is 0 Å². The molecule has 0 heterocycles. The lowest BCUT2D eigenvalue weighted by Gasteiger charge is -2.00. The molecule has 0 unspecified atom stereocenters. The molecule has 0 fully saturated rings. The molecular formula is C11H12ClNO. The molecule has 1 N–H and O–H groups in total. The second-order valence-electron chi connectivity index (χ2n) is 2.63. The van der Waals surface area contributed by atoms with Crippen molar-refractivity contribution in [3.05, 3.63) is 29.3 Å². The Balaban J connectivity index is 2.32. The highest BCUT2D eigenvalue weighted by Gasteiger charge is 1.90. The SMILES string of the molecule is CNCC#CCOc1ccc(Cl)cc1. The third-order valence-corrected chi connectivity index (χ3v) is 1.77. The minimum absolute atomic E-state index is 0.406. The maximum atomic E-state index is 5.72. The molecule has 74 valence electrons. The lowest BCUT2D eigenvalue weighted by Crippen LogP contribution is -2.05. The second-order valence-corrected chi connectivity index (χ2v) is 3.06. The van der Waals surface area contributed by atoms with Crippen LogP contribution in [0.5, 0.6) is 5.75 Å². The normalized spacial score (nSPS) is 9.00. The van der Waals surface area contributed by atoms with Gasteiger partial charge in [-0.2, -0.15) is 0 Å². The van der Waals surface area contributed by atoms with E-state index in [-0.39, 0.29) is 0 Å². The van der Waals surface area contributed by atoms with Crippen molar-refractivity contribution in [2.45, 2.75) is 0 Å². The first-order valence-corrected chi connectivity index (χ1v) is 4.69. The quantitative estimate of drug-likeness (QED) is 0.769. The van der Waals surface area contributed by atoms with Crippen LogP contribution in [0.3, 0.4) is 0 Å². The van der Waals surface area contributed by atoms with Crippen LogP contribution in [0.4, 0.5) is 0 Å². The molecule has 0 spiro atoms. The van der Waals surface area contributed by atoms with Gasteiger partial charge in [0.15, 0.2) is 0 Å². The predicted molar refractivity (Wildman–Crippen MR) is 58.6 cm³/mol. The molecular weight excluding hydrogens is 198 g/mol. The van der Waals surface area contributed by atoms with Crippen LogP contribution in [0, 0.1) is 11.8 Å². The fourth-order valence-electron chi connectivity index (χ4n) is 0.852. The van der Waals surface area contributed by atoms with E-state index in [0.717, 1.165) is 5.75 Å². The van der Waals surface area contributed by atoms with Crippen molar-refractivity contribution in [2.24, 2.45) is 0 Å². The third kappa shape index (κ3) is 4.18. The number of ether oxygens (including phenoxy) is 1. The lowest BCUT2D eigenvalue weighted by atomic mass is 10.3. The van der Waals surface area contributed by atoms with Crippen molar-refractivity contribution in [1.82, 2.24) is 5.32 Å². The van der Waals surface area contributed by atoms with E-state index in [1.54, 1.807) is 12.1 Å². The van der Waals surface area contributed by atoms with Gasteiger partial charge in [-0.25, -0.2) is 0 Å². The van der Waals surface area contributed by atoms with Gasteiger partial charge < -0.3 is 10.1 Å². The summed E-state index contributed by atoms with van der Waals surface area (Å²) in [5, 5.41) is 3.63. The molecule has 0 bridgehead atoms. The summed E-state index contributed by atoms with van der Waals surface area (Å²) >= 11 is 5.72. The van der Waals surface area contributed by atoms with E-state index in [0.29, 0.717) is 18.2 Å². The van der Waals surface area contributed by atoms with Crippen LogP contribution in [-0.4, -0.2) is 20.2 Å². The van der Waals surface area contributed by atoms with Crippen molar-refractivity contribution in [3.8, 4) is 17.6 Å². The molecule has 14 heavy (non-hydrogen) atoms. The highest BCUT2D eigenvalue weighted by molar-refractivity contribution is 6.30. The van der Waals surface area contributed by atoms with E-state index in [2.05, 4.69) is 17.2 Å². The third-order valence-electron chi connectivity index (χ3n) is 1.51. The Morgan fingerprint density at radius 3 is 2.64 bits per heavy atom. The van der Waals surface area contributed by atoms with Gasteiger partial charge >= 0.3 is 0 Å². The molecule has 0 saturated carbocycles. The lowest BCUT2D eigenvalue weighted by molar-refractivity contribution is 0.370. The smallest absolute Gasteiger partial charge is 0.149 e. The zero-order valence-corrected chi connectivity index (χ0v) is 8.77. The van der Waals surface area contributed by atoms with Gasteiger partial charge in [0.05, 0.1) is 6.54 Å². The first kappa shape index (κ1) is 10.9. The fourth-order valence-corrected chi connectivity index (χ4v) is 0.978. The number of benzene rings is 1. The van der Waals surface area contributed by atoms with Crippen molar-refractivity contribution in [2.75, 3.05) is 20.2 Å². The fraction of sp³-hybridized carbons (Fsp3) is 0.273. The zero-order chi connectivity index (χ0) is 10.2. The number of hydrogen-bond acceptors (Lipinski definition) is 2. The van der Waals surface area contributed by atoms with Gasteiger partial charge in [-0.15, -0.1) is 0 Å². The average Bonchev–Trinajstić information content (AvgIpc) is 2.21. The second kappa shape index (κ2) is 6.31. The first-order valence-electron chi connectivity index (χ1n) is 4.31. The highest BCUT2D eigenvalue weighted by atomic mass is 35.5. The molecule has 1 aromatic carbocycles. The summed E-state index contributed by atoms with van der Waals surface area (Å²) in [5.41, 5.74) is 0. The molecule has 0 aliphatic heterocycles. The monoisotopic (exact) mass is 209 g/mol. The molecule has 0 aliphatic carbocycles. The molecule has 2 nitrogen and oxygen atoms in total. The van der Waals surface area contributed by atoms with E-state index >= 15 is 0 Å². The summed E-state index contributed by atoms with van der Waals surface area (Å²) in [4.78, 5) is 0. The first-order chi connectivity index (χ1) is 6.83. The topological polar surface area (TPSA) is 21.3 Å². The Hall–Kier alpha value is -1.17. The van der Waals surface area contributed by atoms with Crippen LogP contribution < -0.4 is 10.1 Å². The van der Waals surface area contributed by atoms with E-state index in [1.807, 2.05) is 19.2 Å². The maximum Gasteiger partial charge on any atom is 0.149 e. The van der Waals surface area contributed by atoms with Gasteiger partial charge in [0, 0.05) is 5.02 Å². The molecule has 0 atom stereocenters. The van der Waals surface area contributed by atoms with Crippen molar-refractivity contribution >= 4 is 11.6 Å². The van der Waals surface area contributed by atoms with Crippen LogP contribution in [0.15, 0.2) is 24.3 Å². The Morgan fingerprint density at radius 1 is 1.29 bits per heavy atom. The molecule has 0 aliphatic rings. The molecule has 1 aromatic rings. The van der Waals surface area contributed by atoms with Gasteiger partial charge in [0.2, 0.25) is 0 Å². The summed E-state index contributed by atoms with van der Waals surface area (Å²) in [6, 6.07) is 7.22. The molecule has 0 saturated heterocycles. The number of nitrogens with one attached hydrogen (secondary N) is 1. The summed E-state index contributed by atoms with van der Waals surface area (Å²) in [5.74, 6) is 6.57. The number of hydrogen-bond donors (Lipinski definition) is 1. The Morgan fingerprint density at radius 2 is 2.00 bits per heavy atom. The minimum Gasteiger partial charge on any atom is -0.481 e. The van der Waals surface area contributed by atoms with E-state index in [1.165, 1.54) is 0 Å². The zero-order valence-electron chi connectivity index (χ0n) is 8.01. The van der Waals surface area contributed by atoms with Crippen LogP contribution in [-0.2, 0) is 0 Å². The number of halogens is 1. The van der Waals surface area contributed by atoms with Crippen molar-refractivity contribution in [1.29, 1.82) is 0 Å². The minimum atomic E-state index is 0.406. The summed E-state index contributed by atoms with van der Waals surface area (Å²) < 4.78 is 5.35. The molecule has 0 aromatic heterocycles. The van der Waals surface area contributed by atoms with Crippen molar-refractivity contribution < 1.29 is 4.74 Å².